The predicted molar refractivity (Wildman–Crippen MR) is 67.6 cm³/mol. The molecule has 0 spiro atoms. The quantitative estimate of drug-likeness (QED) is 0.731. The number of carbonyl (C=O) groups excluding carboxylic acids is 1. The van der Waals surface area contributed by atoms with Gasteiger partial charge >= 0.3 is 0 Å². The van der Waals surface area contributed by atoms with E-state index in [0.717, 1.165) is 18.5 Å². The first-order valence-electron chi connectivity index (χ1n) is 5.97. The monoisotopic (exact) mass is 232 g/mol. The summed E-state index contributed by atoms with van der Waals surface area (Å²) in [7, 11) is 0. The van der Waals surface area contributed by atoms with Gasteiger partial charge in [0, 0.05) is 30.4 Å². The van der Waals surface area contributed by atoms with Gasteiger partial charge in [0.15, 0.2) is 5.78 Å². The Labute approximate surface area is 103 Å². The summed E-state index contributed by atoms with van der Waals surface area (Å²) in [5.74, 6) is 0.199. The lowest BCUT2D eigenvalue weighted by atomic mass is 9.91. The SMILES string of the molecule is CC(C)C(=O)c1ccn(CCC(C)(C)C#N)c1. The van der Waals surface area contributed by atoms with E-state index in [4.69, 9.17) is 5.26 Å². The number of ketones is 1. The first-order chi connectivity index (χ1) is 7.85. The molecule has 0 N–H and O–H groups in total. The Hall–Kier alpha value is -1.56. The number of nitrogens with zero attached hydrogens (tertiary/aromatic N) is 2. The van der Waals surface area contributed by atoms with Gasteiger partial charge in [-0.25, -0.2) is 0 Å². The Morgan fingerprint density at radius 1 is 1.53 bits per heavy atom. The highest BCUT2D eigenvalue weighted by Gasteiger charge is 2.17. The molecule has 0 aromatic carbocycles. The lowest BCUT2D eigenvalue weighted by molar-refractivity contribution is 0.0939. The maximum atomic E-state index is 11.7. The number of aryl methyl sites for hydroxylation is 1. The summed E-state index contributed by atoms with van der Waals surface area (Å²) < 4.78 is 1.98. The van der Waals surface area contributed by atoms with Crippen molar-refractivity contribution in [2.75, 3.05) is 0 Å². The van der Waals surface area contributed by atoms with Crippen molar-refractivity contribution in [2.45, 2.75) is 40.7 Å². The van der Waals surface area contributed by atoms with E-state index in [2.05, 4.69) is 6.07 Å². The van der Waals surface area contributed by atoms with Crippen LogP contribution in [0.4, 0.5) is 0 Å². The molecule has 1 heterocycles. The molecule has 0 saturated carbocycles. The van der Waals surface area contributed by atoms with E-state index in [1.807, 2.05) is 50.7 Å². The van der Waals surface area contributed by atoms with Gasteiger partial charge < -0.3 is 4.57 Å². The van der Waals surface area contributed by atoms with Crippen LogP contribution in [0.5, 0.6) is 0 Å². The van der Waals surface area contributed by atoms with Gasteiger partial charge in [-0.15, -0.1) is 0 Å². The highest BCUT2D eigenvalue weighted by molar-refractivity contribution is 5.97. The van der Waals surface area contributed by atoms with Crippen LogP contribution in [0.2, 0.25) is 0 Å². The van der Waals surface area contributed by atoms with Crippen LogP contribution in [0.15, 0.2) is 18.5 Å². The molecule has 0 aliphatic carbocycles. The zero-order valence-electron chi connectivity index (χ0n) is 11.0. The summed E-state index contributed by atoms with van der Waals surface area (Å²) in [6.07, 6.45) is 4.56. The second-order valence-corrected chi connectivity index (χ2v) is 5.40. The Bertz CT molecular complexity index is 435. The molecule has 1 aromatic heterocycles. The second kappa shape index (κ2) is 5.18. The van der Waals surface area contributed by atoms with Gasteiger partial charge in [0.2, 0.25) is 0 Å². The van der Waals surface area contributed by atoms with Gasteiger partial charge in [0.1, 0.15) is 0 Å². The minimum absolute atomic E-state index is 0.0291. The summed E-state index contributed by atoms with van der Waals surface area (Å²) in [6, 6.07) is 4.13. The number of hydrogen-bond donors (Lipinski definition) is 0. The smallest absolute Gasteiger partial charge is 0.166 e. The highest BCUT2D eigenvalue weighted by atomic mass is 16.1. The van der Waals surface area contributed by atoms with Crippen molar-refractivity contribution in [1.82, 2.24) is 4.57 Å². The Morgan fingerprint density at radius 2 is 2.18 bits per heavy atom. The first kappa shape index (κ1) is 13.5. The third-order valence-electron chi connectivity index (χ3n) is 2.86. The van der Waals surface area contributed by atoms with E-state index < -0.39 is 0 Å². The van der Waals surface area contributed by atoms with Crippen LogP contribution in [0.3, 0.4) is 0 Å². The van der Waals surface area contributed by atoms with E-state index in [0.29, 0.717) is 0 Å². The number of hydrogen-bond acceptors (Lipinski definition) is 2. The number of rotatable bonds is 5. The van der Waals surface area contributed by atoms with Crippen molar-refractivity contribution in [3.05, 3.63) is 24.0 Å². The van der Waals surface area contributed by atoms with Gasteiger partial charge in [-0.05, 0) is 26.3 Å². The third-order valence-corrected chi connectivity index (χ3v) is 2.86. The van der Waals surface area contributed by atoms with Crippen molar-refractivity contribution in [1.29, 1.82) is 5.26 Å². The zero-order chi connectivity index (χ0) is 13.1. The maximum absolute atomic E-state index is 11.7. The van der Waals surface area contributed by atoms with Crippen molar-refractivity contribution in [3.63, 3.8) is 0 Å². The normalized spacial score (nSPS) is 11.5. The minimum Gasteiger partial charge on any atom is -0.353 e. The largest absolute Gasteiger partial charge is 0.353 e. The molecule has 0 radical (unpaired) electrons. The van der Waals surface area contributed by atoms with E-state index in [1.165, 1.54) is 0 Å². The molecule has 0 atom stereocenters. The van der Waals surface area contributed by atoms with Crippen LogP contribution in [0.25, 0.3) is 0 Å². The summed E-state index contributed by atoms with van der Waals surface area (Å²) in [5, 5.41) is 8.92. The van der Waals surface area contributed by atoms with Gasteiger partial charge in [-0.2, -0.15) is 5.26 Å². The fraction of sp³-hybridized carbons (Fsp3) is 0.571. The highest BCUT2D eigenvalue weighted by Crippen LogP contribution is 2.20. The van der Waals surface area contributed by atoms with Gasteiger partial charge in [0.25, 0.3) is 0 Å². The van der Waals surface area contributed by atoms with Crippen LogP contribution >= 0.6 is 0 Å². The van der Waals surface area contributed by atoms with Crippen LogP contribution in [-0.2, 0) is 6.54 Å². The molecule has 92 valence electrons. The molecular weight excluding hydrogens is 212 g/mol. The van der Waals surface area contributed by atoms with Crippen LogP contribution in [-0.4, -0.2) is 10.4 Å². The fourth-order valence-corrected chi connectivity index (χ4v) is 1.52. The standard InChI is InChI=1S/C14H20N2O/c1-11(2)13(17)12-5-7-16(9-12)8-6-14(3,4)10-15/h5,7,9,11H,6,8H2,1-4H3. The molecule has 0 fully saturated rings. The van der Waals surface area contributed by atoms with Crippen molar-refractivity contribution in [2.24, 2.45) is 11.3 Å². The van der Waals surface area contributed by atoms with Crippen molar-refractivity contribution < 1.29 is 4.79 Å². The lowest BCUT2D eigenvalue weighted by Crippen LogP contribution is -2.12. The molecule has 3 heteroatoms. The van der Waals surface area contributed by atoms with Crippen LogP contribution < -0.4 is 0 Å². The van der Waals surface area contributed by atoms with Gasteiger partial charge in [-0.3, -0.25) is 4.79 Å². The topological polar surface area (TPSA) is 45.8 Å². The predicted octanol–water partition coefficient (Wildman–Crippen LogP) is 3.27. The molecule has 1 rings (SSSR count). The molecule has 0 saturated heterocycles. The Kier molecular flexibility index (Phi) is 4.11. The number of nitriles is 1. The summed E-state index contributed by atoms with van der Waals surface area (Å²) in [4.78, 5) is 11.7. The van der Waals surface area contributed by atoms with Crippen molar-refractivity contribution >= 4 is 5.78 Å². The summed E-state index contributed by atoms with van der Waals surface area (Å²) in [6.45, 7) is 8.43. The zero-order valence-corrected chi connectivity index (χ0v) is 11.0. The molecule has 0 amide bonds. The van der Waals surface area contributed by atoms with E-state index in [9.17, 15) is 4.79 Å². The third kappa shape index (κ3) is 3.74. The Balaban J connectivity index is 2.65. The second-order valence-electron chi connectivity index (χ2n) is 5.40. The van der Waals surface area contributed by atoms with E-state index >= 15 is 0 Å². The molecule has 17 heavy (non-hydrogen) atoms. The molecule has 0 aliphatic heterocycles. The summed E-state index contributed by atoms with van der Waals surface area (Å²) >= 11 is 0. The number of aromatic nitrogens is 1. The lowest BCUT2D eigenvalue weighted by Gasteiger charge is -2.14. The molecule has 0 bridgehead atoms. The van der Waals surface area contributed by atoms with Gasteiger partial charge in [-0.1, -0.05) is 13.8 Å². The molecule has 0 aliphatic rings. The van der Waals surface area contributed by atoms with E-state index in [1.54, 1.807) is 0 Å². The van der Waals surface area contributed by atoms with Crippen molar-refractivity contribution in [3.8, 4) is 6.07 Å². The fourth-order valence-electron chi connectivity index (χ4n) is 1.52. The van der Waals surface area contributed by atoms with Gasteiger partial charge in [0.05, 0.1) is 11.5 Å². The number of carbonyl (C=O) groups is 1. The van der Waals surface area contributed by atoms with Crippen LogP contribution in [0, 0.1) is 22.7 Å². The molecular formula is C14H20N2O. The maximum Gasteiger partial charge on any atom is 0.166 e. The average molecular weight is 232 g/mol. The van der Waals surface area contributed by atoms with Crippen LogP contribution in [0.1, 0.15) is 44.5 Å². The first-order valence-corrected chi connectivity index (χ1v) is 5.97. The Morgan fingerprint density at radius 3 is 2.71 bits per heavy atom. The molecule has 3 nitrogen and oxygen atoms in total. The minimum atomic E-state index is -0.313. The average Bonchev–Trinajstić information content (AvgIpc) is 2.74. The molecule has 0 unspecified atom stereocenters. The van der Waals surface area contributed by atoms with E-state index in [-0.39, 0.29) is 17.1 Å². The number of Topliss-reactive ketones (excluding diaryl/α,β-unsaturated/α-hetero) is 1. The molecule has 1 aromatic rings. The summed E-state index contributed by atoms with van der Waals surface area (Å²) in [5.41, 5.74) is 0.446.